The Morgan fingerprint density at radius 2 is 1.71 bits per heavy atom. The van der Waals surface area contributed by atoms with Crippen LogP contribution < -0.4 is 0 Å². The van der Waals surface area contributed by atoms with Crippen molar-refractivity contribution in [2.24, 2.45) is 46.3 Å². The van der Waals surface area contributed by atoms with E-state index in [9.17, 15) is 25.2 Å². The van der Waals surface area contributed by atoms with Crippen molar-refractivity contribution in [2.75, 3.05) is 7.11 Å². The van der Waals surface area contributed by atoms with Crippen LogP contribution in [0.15, 0.2) is 0 Å². The zero-order valence-electron chi connectivity index (χ0n) is 19.5. The van der Waals surface area contributed by atoms with Gasteiger partial charge in [-0.15, -0.1) is 0 Å². The Labute approximate surface area is 186 Å². The molecule has 0 aliphatic heterocycles. The molecule has 0 bridgehead atoms. The maximum atomic E-state index is 11.7. The first kappa shape index (κ1) is 23.5. The van der Waals surface area contributed by atoms with Crippen LogP contribution in [0.3, 0.4) is 0 Å². The lowest BCUT2D eigenvalue weighted by atomic mass is 9.43. The van der Waals surface area contributed by atoms with Gasteiger partial charge in [-0.2, -0.15) is 0 Å². The Balaban J connectivity index is 1.58. The van der Waals surface area contributed by atoms with Gasteiger partial charge in [-0.25, -0.2) is 4.79 Å². The monoisotopic (exact) mass is 438 g/mol. The molecule has 0 radical (unpaired) electrons. The molecule has 0 aromatic carbocycles. The fourth-order valence-corrected chi connectivity index (χ4v) is 8.93. The van der Waals surface area contributed by atoms with E-state index >= 15 is 0 Å². The molecular formula is C25H42O6. The second kappa shape index (κ2) is 8.27. The molecule has 0 spiro atoms. The summed E-state index contributed by atoms with van der Waals surface area (Å²) in [6.07, 6.45) is 4.06. The zero-order valence-corrected chi connectivity index (χ0v) is 19.5. The van der Waals surface area contributed by atoms with Crippen LogP contribution in [0, 0.1) is 46.3 Å². The standard InChI is InChI=1S/C25H42O6/c1-13(9-20(29)23(30)31-4)17-12-19(28)22-21-16(6-8-25(17,22)3)24(2)7-5-15(26)10-14(24)11-18(21)27/h13-22,26-29H,5-12H2,1-4H3/t13-,14+,15-,16?,17?,18-,19+,20-,21?,22+,24+,25-/m1/s1. The smallest absolute Gasteiger partial charge is 0.334 e. The summed E-state index contributed by atoms with van der Waals surface area (Å²) in [4.78, 5) is 11.7. The number of rotatable bonds is 4. The van der Waals surface area contributed by atoms with Gasteiger partial charge in [0.15, 0.2) is 6.10 Å². The lowest BCUT2D eigenvalue weighted by Crippen LogP contribution is -2.60. The molecule has 0 aromatic rings. The first-order chi connectivity index (χ1) is 14.5. The van der Waals surface area contributed by atoms with Crippen molar-refractivity contribution in [3.63, 3.8) is 0 Å². The maximum absolute atomic E-state index is 11.7. The van der Waals surface area contributed by atoms with Crippen molar-refractivity contribution < 1.29 is 30.0 Å². The average molecular weight is 439 g/mol. The van der Waals surface area contributed by atoms with Crippen molar-refractivity contribution in [1.82, 2.24) is 0 Å². The highest BCUT2D eigenvalue weighted by molar-refractivity contribution is 5.74. The normalized spacial score (nSPS) is 51.2. The van der Waals surface area contributed by atoms with E-state index in [2.05, 4.69) is 20.8 Å². The minimum atomic E-state index is -1.13. The predicted octanol–water partition coefficient (Wildman–Crippen LogP) is 2.51. The maximum Gasteiger partial charge on any atom is 0.334 e. The Morgan fingerprint density at radius 3 is 2.39 bits per heavy atom. The highest BCUT2D eigenvalue weighted by Crippen LogP contribution is 2.68. The summed E-state index contributed by atoms with van der Waals surface area (Å²) in [7, 11) is 1.29. The molecule has 4 aliphatic rings. The lowest BCUT2D eigenvalue weighted by molar-refractivity contribution is -0.185. The van der Waals surface area contributed by atoms with Gasteiger partial charge in [-0.1, -0.05) is 20.8 Å². The summed E-state index contributed by atoms with van der Waals surface area (Å²) < 4.78 is 4.69. The van der Waals surface area contributed by atoms with E-state index in [0.29, 0.717) is 24.7 Å². The molecule has 0 aromatic heterocycles. The minimum absolute atomic E-state index is 0.0357. The minimum Gasteiger partial charge on any atom is -0.467 e. The van der Waals surface area contributed by atoms with Crippen LogP contribution in [-0.4, -0.2) is 57.9 Å². The van der Waals surface area contributed by atoms with Gasteiger partial charge in [0.25, 0.3) is 0 Å². The number of methoxy groups -OCH3 is 1. The number of hydrogen-bond donors (Lipinski definition) is 4. The molecule has 31 heavy (non-hydrogen) atoms. The van der Waals surface area contributed by atoms with E-state index in [0.717, 1.165) is 38.5 Å². The molecular weight excluding hydrogens is 396 g/mol. The molecule has 4 rings (SSSR count). The molecule has 0 saturated heterocycles. The highest BCUT2D eigenvalue weighted by Gasteiger charge is 2.65. The summed E-state index contributed by atoms with van der Waals surface area (Å²) in [6.45, 7) is 6.70. The molecule has 0 heterocycles. The Morgan fingerprint density at radius 1 is 1.03 bits per heavy atom. The number of carbonyl (C=O) groups excluding carboxylic acids is 1. The lowest BCUT2D eigenvalue weighted by Gasteiger charge is -2.62. The molecule has 12 atom stereocenters. The van der Waals surface area contributed by atoms with Gasteiger partial charge in [-0.05, 0) is 97.7 Å². The average Bonchev–Trinajstić information content (AvgIpc) is 2.99. The number of esters is 1. The molecule has 3 unspecified atom stereocenters. The number of fused-ring (bicyclic) bond motifs is 5. The fourth-order valence-electron chi connectivity index (χ4n) is 8.93. The van der Waals surface area contributed by atoms with Crippen molar-refractivity contribution >= 4 is 5.97 Å². The van der Waals surface area contributed by atoms with Gasteiger partial charge in [0.2, 0.25) is 0 Å². The van der Waals surface area contributed by atoms with E-state index in [4.69, 9.17) is 4.74 Å². The van der Waals surface area contributed by atoms with Crippen LogP contribution in [0.4, 0.5) is 0 Å². The zero-order chi connectivity index (χ0) is 22.7. The number of hydrogen-bond acceptors (Lipinski definition) is 6. The molecule has 4 aliphatic carbocycles. The largest absolute Gasteiger partial charge is 0.467 e. The second-order valence-corrected chi connectivity index (χ2v) is 11.8. The highest BCUT2D eigenvalue weighted by atomic mass is 16.5. The molecule has 4 fully saturated rings. The van der Waals surface area contributed by atoms with Gasteiger partial charge in [0, 0.05) is 0 Å². The molecule has 4 N–H and O–H groups in total. The van der Waals surface area contributed by atoms with Gasteiger partial charge < -0.3 is 25.2 Å². The molecule has 6 heteroatoms. The molecule has 4 saturated carbocycles. The Hall–Kier alpha value is -0.690. The van der Waals surface area contributed by atoms with Crippen LogP contribution in [0.25, 0.3) is 0 Å². The van der Waals surface area contributed by atoms with Gasteiger partial charge in [-0.3, -0.25) is 0 Å². The number of aliphatic hydroxyl groups is 4. The molecule has 0 amide bonds. The van der Waals surface area contributed by atoms with E-state index in [-0.39, 0.29) is 40.6 Å². The molecule has 178 valence electrons. The predicted molar refractivity (Wildman–Crippen MR) is 116 cm³/mol. The third kappa shape index (κ3) is 3.66. The van der Waals surface area contributed by atoms with Crippen molar-refractivity contribution in [3.05, 3.63) is 0 Å². The van der Waals surface area contributed by atoms with Crippen molar-refractivity contribution in [2.45, 2.75) is 96.6 Å². The van der Waals surface area contributed by atoms with Crippen molar-refractivity contribution in [1.29, 1.82) is 0 Å². The van der Waals surface area contributed by atoms with Crippen LogP contribution in [0.1, 0.15) is 72.1 Å². The first-order valence-corrected chi connectivity index (χ1v) is 12.3. The SMILES string of the molecule is COC(=O)[C@H](O)C[C@@H](C)C1C[C@H](O)[C@H]2C3C(CC[C@]12C)[C@@]1(C)CC[C@@H](O)C[C@H]1C[C@H]3O. The van der Waals surface area contributed by atoms with E-state index in [1.807, 2.05) is 0 Å². The third-order valence-electron chi connectivity index (χ3n) is 10.5. The Bertz CT molecular complexity index is 683. The van der Waals surface area contributed by atoms with Crippen LogP contribution in [0.2, 0.25) is 0 Å². The van der Waals surface area contributed by atoms with Crippen molar-refractivity contribution in [3.8, 4) is 0 Å². The summed E-state index contributed by atoms with van der Waals surface area (Å²) in [6, 6.07) is 0. The third-order valence-corrected chi connectivity index (χ3v) is 10.5. The Kier molecular flexibility index (Phi) is 6.26. The van der Waals surface area contributed by atoms with E-state index < -0.39 is 24.3 Å². The van der Waals surface area contributed by atoms with E-state index in [1.54, 1.807) is 0 Å². The van der Waals surface area contributed by atoms with Gasteiger partial charge >= 0.3 is 5.97 Å². The second-order valence-electron chi connectivity index (χ2n) is 11.8. The number of ether oxygens (including phenoxy) is 1. The van der Waals surface area contributed by atoms with E-state index in [1.165, 1.54) is 7.11 Å². The summed E-state index contributed by atoms with van der Waals surface area (Å²) in [5, 5.41) is 43.0. The number of aliphatic hydroxyl groups excluding tert-OH is 4. The quantitative estimate of drug-likeness (QED) is 0.503. The van der Waals surface area contributed by atoms with Crippen LogP contribution in [-0.2, 0) is 9.53 Å². The van der Waals surface area contributed by atoms with Crippen LogP contribution in [0.5, 0.6) is 0 Å². The summed E-state index contributed by atoms with van der Waals surface area (Å²) in [5.74, 6) is 0.498. The molecule has 6 nitrogen and oxygen atoms in total. The van der Waals surface area contributed by atoms with Crippen LogP contribution >= 0.6 is 0 Å². The van der Waals surface area contributed by atoms with Gasteiger partial charge in [0.1, 0.15) is 0 Å². The first-order valence-electron chi connectivity index (χ1n) is 12.3. The number of carbonyl (C=O) groups is 1. The topological polar surface area (TPSA) is 107 Å². The van der Waals surface area contributed by atoms with Gasteiger partial charge in [0.05, 0.1) is 25.4 Å². The summed E-state index contributed by atoms with van der Waals surface area (Å²) in [5.41, 5.74) is 0.00313. The summed E-state index contributed by atoms with van der Waals surface area (Å²) >= 11 is 0. The fraction of sp³-hybridized carbons (Fsp3) is 0.960.